The fraction of sp³-hybridized carbons (Fsp3) is 0. The van der Waals surface area contributed by atoms with Crippen LogP contribution in [0, 0.1) is 5.82 Å². The minimum absolute atomic E-state index is 0.259. The Morgan fingerprint density at radius 1 is 1.50 bits per heavy atom. The molecule has 0 bridgehead atoms. The lowest BCUT2D eigenvalue weighted by molar-refractivity contribution is 0.636. The minimum atomic E-state index is -0.378. The lowest BCUT2D eigenvalue weighted by Gasteiger charge is -1.93. The van der Waals surface area contributed by atoms with Gasteiger partial charge in [0.2, 0.25) is 0 Å². The second kappa shape index (κ2) is 2.71. The topological polar surface area (TPSA) is 28.7 Å². The van der Waals surface area contributed by atoms with Crippen molar-refractivity contribution in [3.8, 4) is 0 Å². The van der Waals surface area contributed by atoms with E-state index in [-0.39, 0.29) is 11.3 Å². The zero-order chi connectivity index (χ0) is 8.72. The van der Waals surface area contributed by atoms with Crippen LogP contribution in [0.5, 0.6) is 0 Å². The van der Waals surface area contributed by atoms with Gasteiger partial charge in [-0.1, -0.05) is 11.6 Å². The van der Waals surface area contributed by atoms with E-state index in [1.54, 1.807) is 0 Å². The molecule has 2 nitrogen and oxygen atoms in total. The molecule has 1 aromatic heterocycles. The molecule has 0 spiro atoms. The summed E-state index contributed by atoms with van der Waals surface area (Å²) in [6.07, 6.45) is 0. The molecule has 0 aliphatic carbocycles. The molecule has 0 radical (unpaired) electrons. The maximum atomic E-state index is 13.0. The van der Waals surface area contributed by atoms with E-state index in [9.17, 15) is 4.39 Å². The zero-order valence-electron chi connectivity index (χ0n) is 5.74. The molecule has 0 unspecified atom stereocenters. The molecule has 0 saturated heterocycles. The summed E-state index contributed by atoms with van der Waals surface area (Å²) in [6, 6.07) is 2.79. The predicted octanol–water partition coefficient (Wildman–Crippen LogP) is 3.12. The second-order valence-corrected chi connectivity index (χ2v) is 3.49. The number of nitrogens with one attached hydrogen (secondary N) is 1. The van der Waals surface area contributed by atoms with Crippen molar-refractivity contribution in [3.63, 3.8) is 0 Å². The molecule has 5 heteroatoms. The summed E-state index contributed by atoms with van der Waals surface area (Å²) in [6.45, 7) is 0. The average molecular weight is 249 g/mol. The summed E-state index contributed by atoms with van der Waals surface area (Å²) in [5, 5.41) is 7.41. The largest absolute Gasteiger partial charge is 0.270 e. The maximum Gasteiger partial charge on any atom is 0.151 e. The van der Waals surface area contributed by atoms with Crippen molar-refractivity contribution in [1.82, 2.24) is 10.2 Å². The molecule has 0 amide bonds. The molecule has 12 heavy (non-hydrogen) atoms. The van der Waals surface area contributed by atoms with E-state index < -0.39 is 0 Å². The number of fused-ring (bicyclic) bond motifs is 1. The van der Waals surface area contributed by atoms with Crippen LogP contribution in [-0.4, -0.2) is 10.2 Å². The summed E-state index contributed by atoms with van der Waals surface area (Å²) >= 11 is 9.00. The van der Waals surface area contributed by atoms with Crippen LogP contribution in [0.2, 0.25) is 5.02 Å². The first-order valence-corrected chi connectivity index (χ1v) is 4.35. The van der Waals surface area contributed by atoms with Gasteiger partial charge in [0.15, 0.2) is 5.82 Å². The quantitative estimate of drug-likeness (QED) is 0.763. The Kier molecular flexibility index (Phi) is 1.81. The highest BCUT2D eigenvalue weighted by molar-refractivity contribution is 9.10. The fourth-order valence-corrected chi connectivity index (χ4v) is 1.87. The summed E-state index contributed by atoms with van der Waals surface area (Å²) in [5.41, 5.74) is 0.259. The summed E-state index contributed by atoms with van der Waals surface area (Å²) in [7, 11) is 0. The highest BCUT2D eigenvalue weighted by Gasteiger charge is 2.10. The number of H-pyrrole nitrogens is 1. The third kappa shape index (κ3) is 1.03. The number of rotatable bonds is 0. The molecule has 62 valence electrons. The van der Waals surface area contributed by atoms with Crippen LogP contribution in [-0.2, 0) is 0 Å². The van der Waals surface area contributed by atoms with Crippen LogP contribution < -0.4 is 0 Å². The normalized spacial score (nSPS) is 10.9. The van der Waals surface area contributed by atoms with E-state index in [4.69, 9.17) is 11.6 Å². The Balaban J connectivity index is 2.98. The number of aromatic amines is 1. The predicted molar refractivity (Wildman–Crippen MR) is 48.8 cm³/mol. The molecular formula is C7H3BrClFN2. The zero-order valence-corrected chi connectivity index (χ0v) is 8.08. The minimum Gasteiger partial charge on any atom is -0.270 e. The van der Waals surface area contributed by atoms with Crippen molar-refractivity contribution in [2.24, 2.45) is 0 Å². The van der Waals surface area contributed by atoms with Gasteiger partial charge in [-0.2, -0.15) is 5.10 Å². The van der Waals surface area contributed by atoms with Crippen molar-refractivity contribution in [2.45, 2.75) is 0 Å². The van der Waals surface area contributed by atoms with Crippen LogP contribution >= 0.6 is 27.5 Å². The van der Waals surface area contributed by atoms with E-state index >= 15 is 0 Å². The first-order chi connectivity index (χ1) is 5.70. The molecule has 0 aliphatic rings. The van der Waals surface area contributed by atoms with E-state index in [1.807, 2.05) is 0 Å². The van der Waals surface area contributed by atoms with E-state index in [1.165, 1.54) is 12.1 Å². The maximum absolute atomic E-state index is 13.0. The Bertz CT molecular complexity index is 440. The monoisotopic (exact) mass is 248 g/mol. The van der Waals surface area contributed by atoms with Gasteiger partial charge in [-0.3, -0.25) is 5.10 Å². The second-order valence-electron chi connectivity index (χ2n) is 2.29. The smallest absolute Gasteiger partial charge is 0.151 e. The van der Waals surface area contributed by atoms with E-state index in [0.29, 0.717) is 15.0 Å². The van der Waals surface area contributed by atoms with Crippen molar-refractivity contribution >= 4 is 38.4 Å². The molecule has 0 aliphatic heterocycles. The first-order valence-electron chi connectivity index (χ1n) is 3.17. The Morgan fingerprint density at radius 2 is 2.25 bits per heavy atom. The average Bonchev–Trinajstić information content (AvgIpc) is 2.42. The van der Waals surface area contributed by atoms with Crippen molar-refractivity contribution in [2.75, 3.05) is 0 Å². The van der Waals surface area contributed by atoms with Crippen molar-refractivity contribution < 1.29 is 4.39 Å². The number of nitrogens with zero attached hydrogens (tertiary/aromatic N) is 1. The summed E-state index contributed by atoms with van der Waals surface area (Å²) in [4.78, 5) is 0. The number of aromatic nitrogens is 2. The molecular weight excluding hydrogens is 246 g/mol. The SMILES string of the molecule is Fc1ccc(Cl)c2c(Br)[nH]nc12. The van der Waals surface area contributed by atoms with E-state index in [2.05, 4.69) is 26.1 Å². The van der Waals surface area contributed by atoms with Gasteiger partial charge in [-0.25, -0.2) is 4.39 Å². The van der Waals surface area contributed by atoms with Gasteiger partial charge in [0.05, 0.1) is 10.4 Å². The number of halogens is 3. The van der Waals surface area contributed by atoms with Gasteiger partial charge >= 0.3 is 0 Å². The van der Waals surface area contributed by atoms with Crippen LogP contribution in [0.25, 0.3) is 10.9 Å². The molecule has 1 aromatic carbocycles. The molecule has 2 aromatic rings. The van der Waals surface area contributed by atoms with Crippen molar-refractivity contribution in [3.05, 3.63) is 27.6 Å². The number of benzene rings is 1. The van der Waals surface area contributed by atoms with Crippen LogP contribution in [0.3, 0.4) is 0 Å². The van der Waals surface area contributed by atoms with Gasteiger partial charge in [0.1, 0.15) is 10.1 Å². The van der Waals surface area contributed by atoms with Crippen molar-refractivity contribution in [1.29, 1.82) is 0 Å². The van der Waals surface area contributed by atoms with Gasteiger partial charge in [0, 0.05) is 0 Å². The number of hydrogen-bond donors (Lipinski definition) is 1. The van der Waals surface area contributed by atoms with Gasteiger partial charge in [-0.05, 0) is 28.1 Å². The third-order valence-corrected chi connectivity index (χ3v) is 2.45. The standard InChI is InChI=1S/C7H3BrClFN2/c8-7-5-3(9)1-2-4(10)6(5)11-12-7/h1-2H,(H,11,12). The Hall–Kier alpha value is -0.610. The Morgan fingerprint density at radius 3 is 2.92 bits per heavy atom. The van der Waals surface area contributed by atoms with Gasteiger partial charge in [-0.15, -0.1) is 0 Å². The molecule has 0 atom stereocenters. The van der Waals surface area contributed by atoms with Crippen LogP contribution in [0.4, 0.5) is 4.39 Å². The fourth-order valence-electron chi connectivity index (χ4n) is 1.02. The molecule has 1 heterocycles. The Labute approximate surface area is 80.8 Å². The lowest BCUT2D eigenvalue weighted by Crippen LogP contribution is -1.77. The highest BCUT2D eigenvalue weighted by Crippen LogP contribution is 2.29. The number of hydrogen-bond acceptors (Lipinski definition) is 1. The third-order valence-electron chi connectivity index (χ3n) is 1.56. The van der Waals surface area contributed by atoms with E-state index in [0.717, 1.165) is 0 Å². The molecule has 0 saturated carbocycles. The summed E-state index contributed by atoms with van der Waals surface area (Å²) < 4.78 is 13.6. The highest BCUT2D eigenvalue weighted by atomic mass is 79.9. The lowest BCUT2D eigenvalue weighted by atomic mass is 10.2. The molecule has 0 fully saturated rings. The van der Waals surface area contributed by atoms with Gasteiger partial charge in [0.25, 0.3) is 0 Å². The van der Waals surface area contributed by atoms with Crippen LogP contribution in [0.1, 0.15) is 0 Å². The first kappa shape index (κ1) is 8.01. The van der Waals surface area contributed by atoms with Gasteiger partial charge < -0.3 is 0 Å². The molecule has 2 rings (SSSR count). The molecule has 1 N–H and O–H groups in total. The summed E-state index contributed by atoms with van der Waals surface area (Å²) in [5.74, 6) is -0.378. The van der Waals surface area contributed by atoms with Crippen LogP contribution in [0.15, 0.2) is 16.7 Å².